The highest BCUT2D eigenvalue weighted by atomic mass is 35.5. The van der Waals surface area contributed by atoms with Crippen molar-refractivity contribution in [3.05, 3.63) is 33.8 Å². The largest absolute Gasteiger partial charge is 0.348 e. The summed E-state index contributed by atoms with van der Waals surface area (Å²) >= 11 is 12.1. The zero-order chi connectivity index (χ0) is 13.1. The first-order valence-corrected chi connectivity index (χ1v) is 6.33. The Morgan fingerprint density at radius 2 is 2.28 bits per heavy atom. The average Bonchev–Trinajstić information content (AvgIpc) is 2.86. The van der Waals surface area contributed by atoms with Crippen molar-refractivity contribution in [2.24, 2.45) is 0 Å². The fourth-order valence-electron chi connectivity index (χ4n) is 1.75. The number of rotatable bonds is 3. The molecule has 1 aliphatic rings. The molecule has 2 rings (SSSR count). The van der Waals surface area contributed by atoms with Crippen LogP contribution >= 0.6 is 23.2 Å². The molecule has 0 saturated carbocycles. The second-order valence-corrected chi connectivity index (χ2v) is 4.86. The van der Waals surface area contributed by atoms with E-state index in [4.69, 9.17) is 23.2 Å². The number of amides is 1. The van der Waals surface area contributed by atoms with Crippen LogP contribution in [0.2, 0.25) is 10.0 Å². The summed E-state index contributed by atoms with van der Waals surface area (Å²) in [5.74, 6) is -0.101. The molecule has 98 valence electrons. The maximum atomic E-state index is 11.9. The third kappa shape index (κ3) is 2.93. The van der Waals surface area contributed by atoms with Crippen molar-refractivity contribution in [2.75, 3.05) is 6.54 Å². The molecule has 1 saturated heterocycles. The molecule has 18 heavy (non-hydrogen) atoms. The second-order valence-electron chi connectivity index (χ2n) is 4.08. The van der Waals surface area contributed by atoms with Gasteiger partial charge in [0, 0.05) is 6.54 Å². The van der Waals surface area contributed by atoms with Gasteiger partial charge in [-0.05, 0) is 18.6 Å². The van der Waals surface area contributed by atoms with E-state index in [2.05, 4.69) is 21.7 Å². The summed E-state index contributed by atoms with van der Waals surface area (Å²) in [4.78, 5) is 11.9. The molecule has 2 unspecified atom stereocenters. The Morgan fingerprint density at radius 1 is 1.50 bits per heavy atom. The number of hydrogen-bond donors (Lipinski definition) is 4. The van der Waals surface area contributed by atoms with E-state index < -0.39 is 0 Å². The molecule has 0 aromatic heterocycles. The van der Waals surface area contributed by atoms with Crippen LogP contribution in [0.3, 0.4) is 0 Å². The van der Waals surface area contributed by atoms with Crippen LogP contribution in [-0.4, -0.2) is 18.5 Å². The Labute approximate surface area is 115 Å². The van der Waals surface area contributed by atoms with Crippen molar-refractivity contribution in [2.45, 2.75) is 19.0 Å². The first-order chi connectivity index (χ1) is 8.59. The van der Waals surface area contributed by atoms with Gasteiger partial charge in [0.05, 0.1) is 16.1 Å². The van der Waals surface area contributed by atoms with Gasteiger partial charge in [-0.1, -0.05) is 35.3 Å². The highest BCUT2D eigenvalue weighted by Crippen LogP contribution is 2.29. The molecule has 0 spiro atoms. The van der Waals surface area contributed by atoms with Crippen LogP contribution in [0.5, 0.6) is 0 Å². The van der Waals surface area contributed by atoms with E-state index in [1.807, 2.05) is 19.1 Å². The molecule has 1 fully saturated rings. The van der Waals surface area contributed by atoms with Crippen LogP contribution in [0.15, 0.2) is 18.2 Å². The van der Waals surface area contributed by atoms with Gasteiger partial charge in [0.25, 0.3) is 0 Å². The van der Waals surface area contributed by atoms with Crippen LogP contribution in [0.1, 0.15) is 18.5 Å². The highest BCUT2D eigenvalue weighted by Gasteiger charge is 2.24. The SMILES string of the molecule is CC(NC(=O)C1CNNN1)c1cccc(Cl)c1Cl. The van der Waals surface area contributed by atoms with Gasteiger partial charge >= 0.3 is 0 Å². The smallest absolute Gasteiger partial charge is 0.240 e. The number of nitrogens with one attached hydrogen (secondary N) is 4. The molecule has 7 heteroatoms. The van der Waals surface area contributed by atoms with Gasteiger partial charge in [0.15, 0.2) is 0 Å². The van der Waals surface area contributed by atoms with Crippen molar-refractivity contribution in [1.29, 1.82) is 0 Å². The molecule has 1 aromatic carbocycles. The molecule has 1 aromatic rings. The maximum absolute atomic E-state index is 11.9. The quantitative estimate of drug-likeness (QED) is 0.674. The first kappa shape index (κ1) is 13.6. The Kier molecular flexibility index (Phi) is 4.42. The lowest BCUT2D eigenvalue weighted by molar-refractivity contribution is -0.123. The van der Waals surface area contributed by atoms with E-state index in [0.717, 1.165) is 5.56 Å². The number of benzene rings is 1. The Balaban J connectivity index is 2.04. The number of hydrogen-bond acceptors (Lipinski definition) is 4. The van der Waals surface area contributed by atoms with E-state index >= 15 is 0 Å². The van der Waals surface area contributed by atoms with Crippen LogP contribution < -0.4 is 21.7 Å². The average molecular weight is 289 g/mol. The van der Waals surface area contributed by atoms with E-state index in [1.165, 1.54) is 0 Å². The molecule has 1 aliphatic heterocycles. The molecular formula is C11H14Cl2N4O. The van der Waals surface area contributed by atoms with Crippen LogP contribution in [0, 0.1) is 0 Å². The predicted molar refractivity (Wildman–Crippen MR) is 71.1 cm³/mol. The standard InChI is InChI=1S/C11H14Cl2N4O/c1-6(7-3-2-4-8(12)10(7)13)15-11(18)9-5-14-17-16-9/h2-4,6,9,14,16-17H,5H2,1H3,(H,15,18). The van der Waals surface area contributed by atoms with Crippen LogP contribution in [-0.2, 0) is 4.79 Å². The zero-order valence-electron chi connectivity index (χ0n) is 9.76. The number of carbonyl (C=O) groups excluding carboxylic acids is 1. The summed E-state index contributed by atoms with van der Waals surface area (Å²) in [5, 5.41) is 3.84. The summed E-state index contributed by atoms with van der Waals surface area (Å²) < 4.78 is 0. The minimum absolute atomic E-state index is 0.101. The van der Waals surface area contributed by atoms with Crippen LogP contribution in [0.25, 0.3) is 0 Å². The van der Waals surface area contributed by atoms with Crippen molar-refractivity contribution in [1.82, 2.24) is 21.7 Å². The lowest BCUT2D eigenvalue weighted by Crippen LogP contribution is -2.45. The van der Waals surface area contributed by atoms with E-state index in [-0.39, 0.29) is 18.0 Å². The van der Waals surface area contributed by atoms with Crippen molar-refractivity contribution < 1.29 is 4.79 Å². The lowest BCUT2D eigenvalue weighted by Gasteiger charge is -2.18. The summed E-state index contributed by atoms with van der Waals surface area (Å²) in [6.07, 6.45) is 0. The summed E-state index contributed by atoms with van der Waals surface area (Å²) in [6, 6.07) is 4.87. The summed E-state index contributed by atoms with van der Waals surface area (Å²) in [6.45, 7) is 2.40. The van der Waals surface area contributed by atoms with Gasteiger partial charge in [0.1, 0.15) is 6.04 Å². The van der Waals surface area contributed by atoms with Crippen molar-refractivity contribution in [3.63, 3.8) is 0 Å². The summed E-state index contributed by atoms with van der Waals surface area (Å²) in [5.41, 5.74) is 9.11. The number of hydrazine groups is 2. The molecule has 4 N–H and O–H groups in total. The minimum Gasteiger partial charge on any atom is -0.348 e. The highest BCUT2D eigenvalue weighted by molar-refractivity contribution is 6.42. The molecule has 0 radical (unpaired) electrons. The molecule has 5 nitrogen and oxygen atoms in total. The van der Waals surface area contributed by atoms with Gasteiger partial charge in [-0.25, -0.2) is 10.9 Å². The Hall–Kier alpha value is -0.850. The number of halogens is 2. The first-order valence-electron chi connectivity index (χ1n) is 5.57. The van der Waals surface area contributed by atoms with Gasteiger partial charge in [0.2, 0.25) is 5.91 Å². The zero-order valence-corrected chi connectivity index (χ0v) is 11.3. The van der Waals surface area contributed by atoms with Crippen molar-refractivity contribution in [3.8, 4) is 0 Å². The number of carbonyl (C=O) groups is 1. The van der Waals surface area contributed by atoms with E-state index in [1.54, 1.807) is 6.07 Å². The molecule has 1 heterocycles. The molecule has 1 amide bonds. The monoisotopic (exact) mass is 288 g/mol. The van der Waals surface area contributed by atoms with Crippen molar-refractivity contribution >= 4 is 29.1 Å². The minimum atomic E-state index is -0.301. The topological polar surface area (TPSA) is 65.2 Å². The van der Waals surface area contributed by atoms with E-state index in [9.17, 15) is 4.79 Å². The fraction of sp³-hybridized carbons (Fsp3) is 0.364. The Bertz CT molecular complexity index is 449. The van der Waals surface area contributed by atoms with Gasteiger partial charge in [-0.3, -0.25) is 4.79 Å². The Morgan fingerprint density at radius 3 is 2.94 bits per heavy atom. The van der Waals surface area contributed by atoms with Gasteiger partial charge < -0.3 is 5.32 Å². The van der Waals surface area contributed by atoms with Crippen LogP contribution in [0.4, 0.5) is 0 Å². The van der Waals surface area contributed by atoms with Gasteiger partial charge in [-0.15, -0.1) is 0 Å². The summed E-state index contributed by atoms with van der Waals surface area (Å²) in [7, 11) is 0. The third-order valence-electron chi connectivity index (χ3n) is 2.76. The normalized spacial score (nSPS) is 20.7. The second kappa shape index (κ2) is 5.86. The van der Waals surface area contributed by atoms with Gasteiger partial charge in [-0.2, -0.15) is 5.53 Å². The molecular weight excluding hydrogens is 275 g/mol. The van der Waals surface area contributed by atoms with E-state index in [0.29, 0.717) is 16.6 Å². The molecule has 0 aliphatic carbocycles. The maximum Gasteiger partial charge on any atom is 0.240 e. The fourth-order valence-corrected chi connectivity index (χ4v) is 2.22. The molecule has 2 atom stereocenters. The lowest BCUT2D eigenvalue weighted by atomic mass is 10.1. The molecule has 0 bridgehead atoms. The predicted octanol–water partition coefficient (Wildman–Crippen LogP) is 1.15. The third-order valence-corrected chi connectivity index (χ3v) is 3.60.